The number of imidazole rings is 1. The van der Waals surface area contributed by atoms with E-state index in [1.54, 1.807) is 7.11 Å². The third-order valence-electron chi connectivity index (χ3n) is 3.40. The Labute approximate surface area is 94.0 Å². The SMILES string of the molecule is COc1ccc2nc(N)n(C3(C)CC3)c2c1. The van der Waals surface area contributed by atoms with Gasteiger partial charge in [-0.25, -0.2) is 4.98 Å². The predicted molar refractivity (Wildman–Crippen MR) is 63.6 cm³/mol. The number of nitrogen functional groups attached to an aromatic ring is 1. The van der Waals surface area contributed by atoms with Crippen molar-refractivity contribution in [3.63, 3.8) is 0 Å². The second-order valence-electron chi connectivity index (χ2n) is 4.66. The molecule has 1 aliphatic carbocycles. The lowest BCUT2D eigenvalue weighted by atomic mass is 10.2. The van der Waals surface area contributed by atoms with Crippen LogP contribution in [-0.4, -0.2) is 16.7 Å². The van der Waals surface area contributed by atoms with Crippen LogP contribution in [0.5, 0.6) is 5.75 Å². The van der Waals surface area contributed by atoms with Gasteiger partial charge in [-0.2, -0.15) is 0 Å². The molecule has 4 nitrogen and oxygen atoms in total. The van der Waals surface area contributed by atoms with E-state index in [1.165, 1.54) is 12.8 Å². The Balaban J connectivity index is 2.29. The first-order valence-corrected chi connectivity index (χ1v) is 5.46. The number of rotatable bonds is 2. The van der Waals surface area contributed by atoms with Gasteiger partial charge in [0.25, 0.3) is 0 Å². The Kier molecular flexibility index (Phi) is 1.73. The van der Waals surface area contributed by atoms with Gasteiger partial charge in [0.1, 0.15) is 5.75 Å². The van der Waals surface area contributed by atoms with Crippen LogP contribution in [0.25, 0.3) is 11.0 Å². The lowest BCUT2D eigenvalue weighted by Gasteiger charge is -2.13. The first kappa shape index (κ1) is 9.51. The van der Waals surface area contributed by atoms with Crippen molar-refractivity contribution in [2.45, 2.75) is 25.3 Å². The molecule has 1 fully saturated rings. The van der Waals surface area contributed by atoms with E-state index in [0.717, 1.165) is 16.8 Å². The number of ether oxygens (including phenoxy) is 1. The van der Waals surface area contributed by atoms with Crippen molar-refractivity contribution < 1.29 is 4.74 Å². The van der Waals surface area contributed by atoms with Crippen LogP contribution in [-0.2, 0) is 5.54 Å². The molecule has 0 unspecified atom stereocenters. The predicted octanol–water partition coefficient (Wildman–Crippen LogP) is 2.14. The Morgan fingerprint density at radius 1 is 1.44 bits per heavy atom. The van der Waals surface area contributed by atoms with Gasteiger partial charge >= 0.3 is 0 Å². The minimum absolute atomic E-state index is 0.158. The quantitative estimate of drug-likeness (QED) is 0.838. The molecule has 1 aliphatic rings. The number of anilines is 1. The zero-order chi connectivity index (χ0) is 11.3. The molecule has 1 heterocycles. The van der Waals surface area contributed by atoms with Gasteiger partial charge in [0.2, 0.25) is 5.95 Å². The summed E-state index contributed by atoms with van der Waals surface area (Å²) in [6, 6.07) is 5.86. The molecule has 16 heavy (non-hydrogen) atoms. The largest absolute Gasteiger partial charge is 0.497 e. The highest BCUT2D eigenvalue weighted by atomic mass is 16.5. The van der Waals surface area contributed by atoms with E-state index < -0.39 is 0 Å². The van der Waals surface area contributed by atoms with E-state index in [1.807, 2.05) is 18.2 Å². The molecule has 1 saturated carbocycles. The van der Waals surface area contributed by atoms with Gasteiger partial charge in [-0.1, -0.05) is 0 Å². The minimum atomic E-state index is 0.158. The van der Waals surface area contributed by atoms with Crippen LogP contribution in [0.15, 0.2) is 18.2 Å². The van der Waals surface area contributed by atoms with Crippen molar-refractivity contribution >= 4 is 17.0 Å². The third kappa shape index (κ3) is 1.19. The summed E-state index contributed by atoms with van der Waals surface area (Å²) in [5, 5.41) is 0. The van der Waals surface area contributed by atoms with Crippen molar-refractivity contribution in [1.29, 1.82) is 0 Å². The summed E-state index contributed by atoms with van der Waals surface area (Å²) in [6.07, 6.45) is 2.33. The Morgan fingerprint density at radius 3 is 2.81 bits per heavy atom. The summed E-state index contributed by atoms with van der Waals surface area (Å²) in [7, 11) is 1.67. The number of nitrogens with zero attached hydrogens (tertiary/aromatic N) is 2. The molecule has 4 heteroatoms. The van der Waals surface area contributed by atoms with Gasteiger partial charge in [-0.3, -0.25) is 0 Å². The molecular formula is C12H15N3O. The Morgan fingerprint density at radius 2 is 2.19 bits per heavy atom. The van der Waals surface area contributed by atoms with Crippen LogP contribution in [0.2, 0.25) is 0 Å². The highest BCUT2D eigenvalue weighted by molar-refractivity contribution is 5.80. The highest BCUT2D eigenvalue weighted by Gasteiger charge is 2.41. The summed E-state index contributed by atoms with van der Waals surface area (Å²) < 4.78 is 7.37. The number of hydrogen-bond acceptors (Lipinski definition) is 3. The topological polar surface area (TPSA) is 53.1 Å². The standard InChI is InChI=1S/C12H15N3O/c1-12(5-6-12)15-10-7-8(16-2)3-4-9(10)14-11(15)13/h3-4,7H,5-6H2,1-2H3,(H2,13,14). The van der Waals surface area contributed by atoms with Crippen molar-refractivity contribution in [2.75, 3.05) is 12.8 Å². The van der Waals surface area contributed by atoms with E-state index in [9.17, 15) is 0 Å². The second kappa shape index (κ2) is 2.90. The molecule has 1 aromatic carbocycles. The summed E-state index contributed by atoms with van der Waals surface area (Å²) in [4.78, 5) is 4.38. The van der Waals surface area contributed by atoms with Crippen LogP contribution >= 0.6 is 0 Å². The fraction of sp³-hybridized carbons (Fsp3) is 0.417. The van der Waals surface area contributed by atoms with E-state index in [4.69, 9.17) is 10.5 Å². The molecule has 0 saturated heterocycles. The molecule has 0 bridgehead atoms. The number of nitrogens with two attached hydrogens (primary N) is 1. The number of hydrogen-bond donors (Lipinski definition) is 1. The fourth-order valence-corrected chi connectivity index (χ4v) is 2.17. The highest BCUT2D eigenvalue weighted by Crippen LogP contribution is 2.46. The maximum absolute atomic E-state index is 5.98. The summed E-state index contributed by atoms with van der Waals surface area (Å²) >= 11 is 0. The fourth-order valence-electron chi connectivity index (χ4n) is 2.17. The lowest BCUT2D eigenvalue weighted by molar-refractivity contribution is 0.415. The van der Waals surface area contributed by atoms with E-state index >= 15 is 0 Å². The van der Waals surface area contributed by atoms with Crippen LogP contribution in [0.4, 0.5) is 5.95 Å². The van der Waals surface area contributed by atoms with Gasteiger partial charge in [0, 0.05) is 11.6 Å². The number of aromatic nitrogens is 2. The van der Waals surface area contributed by atoms with Crippen LogP contribution in [0.1, 0.15) is 19.8 Å². The third-order valence-corrected chi connectivity index (χ3v) is 3.40. The van der Waals surface area contributed by atoms with Crippen LogP contribution < -0.4 is 10.5 Å². The molecule has 0 spiro atoms. The molecule has 0 atom stereocenters. The monoisotopic (exact) mass is 217 g/mol. The van der Waals surface area contributed by atoms with E-state index in [-0.39, 0.29) is 5.54 Å². The maximum Gasteiger partial charge on any atom is 0.201 e. The van der Waals surface area contributed by atoms with Crippen molar-refractivity contribution in [3.05, 3.63) is 18.2 Å². The van der Waals surface area contributed by atoms with Gasteiger partial charge in [0.05, 0.1) is 18.1 Å². The summed E-state index contributed by atoms with van der Waals surface area (Å²) in [6.45, 7) is 2.21. The first-order chi connectivity index (χ1) is 7.64. The van der Waals surface area contributed by atoms with Crippen LogP contribution in [0.3, 0.4) is 0 Å². The van der Waals surface area contributed by atoms with Crippen LogP contribution in [0, 0.1) is 0 Å². The average Bonchev–Trinajstić information content (AvgIpc) is 2.90. The average molecular weight is 217 g/mol. The lowest BCUT2D eigenvalue weighted by Crippen LogP contribution is -2.14. The summed E-state index contributed by atoms with van der Waals surface area (Å²) in [5.41, 5.74) is 8.14. The van der Waals surface area contributed by atoms with E-state index in [2.05, 4.69) is 16.5 Å². The van der Waals surface area contributed by atoms with Gasteiger partial charge in [-0.15, -0.1) is 0 Å². The molecule has 3 rings (SSSR count). The first-order valence-electron chi connectivity index (χ1n) is 5.46. The Bertz CT molecular complexity index is 555. The van der Waals surface area contributed by atoms with E-state index in [0.29, 0.717) is 5.95 Å². The summed E-state index contributed by atoms with van der Waals surface area (Å²) in [5.74, 6) is 1.45. The number of fused-ring (bicyclic) bond motifs is 1. The molecule has 0 radical (unpaired) electrons. The number of methoxy groups -OCH3 is 1. The second-order valence-corrected chi connectivity index (χ2v) is 4.66. The smallest absolute Gasteiger partial charge is 0.201 e. The molecular weight excluding hydrogens is 202 g/mol. The number of benzene rings is 1. The molecule has 0 aliphatic heterocycles. The normalized spacial score (nSPS) is 17.6. The maximum atomic E-state index is 5.98. The van der Waals surface area contributed by atoms with Crippen molar-refractivity contribution in [3.8, 4) is 5.75 Å². The molecule has 2 N–H and O–H groups in total. The zero-order valence-electron chi connectivity index (χ0n) is 9.53. The van der Waals surface area contributed by atoms with Crippen molar-refractivity contribution in [2.24, 2.45) is 0 Å². The minimum Gasteiger partial charge on any atom is -0.497 e. The van der Waals surface area contributed by atoms with Crippen molar-refractivity contribution in [1.82, 2.24) is 9.55 Å². The van der Waals surface area contributed by atoms with Gasteiger partial charge < -0.3 is 15.0 Å². The zero-order valence-corrected chi connectivity index (χ0v) is 9.53. The molecule has 0 amide bonds. The molecule has 84 valence electrons. The Hall–Kier alpha value is -1.71. The molecule has 2 aromatic rings. The molecule has 1 aromatic heterocycles. The van der Waals surface area contributed by atoms with Gasteiger partial charge in [0.15, 0.2) is 0 Å². The van der Waals surface area contributed by atoms with Gasteiger partial charge in [-0.05, 0) is 31.9 Å².